The summed E-state index contributed by atoms with van der Waals surface area (Å²) in [5.41, 5.74) is 0. The second-order valence-electron chi connectivity index (χ2n) is 2.28. The van der Waals surface area contributed by atoms with Gasteiger partial charge in [0.05, 0.1) is 0 Å². The lowest BCUT2D eigenvalue weighted by atomic mass is 11.3. The van der Waals surface area contributed by atoms with Gasteiger partial charge in [0, 0.05) is 28.2 Å². The van der Waals surface area contributed by atoms with Crippen molar-refractivity contribution in [1.82, 2.24) is 8.61 Å². The number of hydrogen-bond acceptors (Lipinski definition) is 3. The monoisotopic (exact) mass is 176 g/mol. The Hall–Kier alpha value is -0.640. The van der Waals surface area contributed by atoms with E-state index in [1.54, 1.807) is 28.2 Å². The van der Waals surface area contributed by atoms with Crippen molar-refractivity contribution in [3.8, 4) is 6.19 Å². The van der Waals surface area contributed by atoms with Gasteiger partial charge in [-0.3, -0.25) is 0 Å². The van der Waals surface area contributed by atoms with Crippen molar-refractivity contribution < 1.29 is 4.21 Å². The first-order chi connectivity index (χ1) is 4.95. The fourth-order valence-corrected chi connectivity index (χ4v) is 1.63. The lowest BCUT2D eigenvalue weighted by Gasteiger charge is -2.20. The quantitative estimate of drug-likeness (QED) is 0.551. The minimum Gasteiger partial charge on any atom is -0.216 e. The number of nitrogens with zero attached hydrogens (tertiary/aromatic N) is 4. The smallest absolute Gasteiger partial charge is 0.216 e. The van der Waals surface area contributed by atoms with Crippen LogP contribution >= 0.6 is 0 Å². The maximum Gasteiger partial charge on any atom is 0.216 e. The van der Waals surface area contributed by atoms with E-state index in [4.69, 9.17) is 5.26 Å². The number of rotatable bonds is 2. The molecule has 0 bridgehead atoms. The Bertz CT molecular complexity index is 255. The molecule has 0 saturated heterocycles. The van der Waals surface area contributed by atoms with Crippen molar-refractivity contribution in [3.05, 3.63) is 0 Å². The van der Waals surface area contributed by atoms with E-state index in [2.05, 4.69) is 4.36 Å². The third kappa shape index (κ3) is 2.15. The van der Waals surface area contributed by atoms with E-state index in [9.17, 15) is 4.21 Å². The van der Waals surface area contributed by atoms with Crippen LogP contribution in [0.3, 0.4) is 0 Å². The highest BCUT2D eigenvalue weighted by molar-refractivity contribution is 7.89. The fraction of sp³-hybridized carbons (Fsp3) is 0.800. The molecule has 11 heavy (non-hydrogen) atoms. The first-order valence-corrected chi connectivity index (χ1v) is 4.38. The summed E-state index contributed by atoms with van der Waals surface area (Å²) in [6.07, 6.45) is 1.54. The third-order valence-electron chi connectivity index (χ3n) is 1.11. The summed E-state index contributed by atoms with van der Waals surface area (Å²) in [4.78, 5) is 0. The normalized spacial score (nSPS) is 11.7. The molecule has 0 aliphatic carbocycles. The van der Waals surface area contributed by atoms with E-state index >= 15 is 0 Å². The van der Waals surface area contributed by atoms with Crippen LogP contribution in [-0.4, -0.2) is 41.0 Å². The van der Waals surface area contributed by atoms with Crippen molar-refractivity contribution in [2.24, 2.45) is 4.36 Å². The average molecular weight is 176 g/mol. The van der Waals surface area contributed by atoms with E-state index in [0.29, 0.717) is 0 Å². The molecule has 0 atom stereocenters. The maximum atomic E-state index is 11.6. The van der Waals surface area contributed by atoms with Crippen molar-refractivity contribution in [3.63, 3.8) is 0 Å². The predicted molar refractivity (Wildman–Crippen MR) is 43.6 cm³/mol. The van der Waals surface area contributed by atoms with Gasteiger partial charge >= 0.3 is 0 Å². The van der Waals surface area contributed by atoms with E-state index < -0.39 is 10.1 Å². The largest absolute Gasteiger partial charge is 0.216 e. The molecule has 0 aromatic heterocycles. The van der Waals surface area contributed by atoms with Crippen LogP contribution in [0.5, 0.6) is 0 Å². The van der Waals surface area contributed by atoms with Gasteiger partial charge in [-0.2, -0.15) is 5.26 Å². The van der Waals surface area contributed by atoms with E-state index in [1.165, 1.54) is 14.8 Å². The summed E-state index contributed by atoms with van der Waals surface area (Å²) in [5.74, 6) is 0. The van der Waals surface area contributed by atoms with E-state index in [-0.39, 0.29) is 0 Å². The van der Waals surface area contributed by atoms with Crippen LogP contribution in [0, 0.1) is 11.5 Å². The molecule has 0 spiro atoms. The first-order valence-electron chi connectivity index (χ1n) is 2.95. The Balaban J connectivity index is 5.06. The van der Waals surface area contributed by atoms with Crippen LogP contribution in [0.25, 0.3) is 0 Å². The molecule has 64 valence electrons. The molecule has 0 N–H and O–H groups in total. The lowest BCUT2D eigenvalue weighted by molar-refractivity contribution is 0.515. The molecule has 0 saturated carbocycles. The zero-order valence-electron chi connectivity index (χ0n) is 7.11. The molecular formula is C5H12N4OS. The molecule has 0 heterocycles. The van der Waals surface area contributed by atoms with Gasteiger partial charge < -0.3 is 0 Å². The Labute approximate surface area is 67.7 Å². The molecule has 0 fully saturated rings. The lowest BCUT2D eigenvalue weighted by Crippen LogP contribution is -2.34. The molecule has 0 amide bonds. The summed E-state index contributed by atoms with van der Waals surface area (Å²) in [6.45, 7) is 0. The van der Waals surface area contributed by atoms with E-state index in [0.717, 1.165) is 0 Å². The van der Waals surface area contributed by atoms with Crippen LogP contribution < -0.4 is 0 Å². The molecule has 6 heteroatoms. The standard InChI is InChI=1S/C5H12N4OS/c1-8(2)11(10,7-5-6)9(3)4/h1-4H3. The minimum atomic E-state index is -2.64. The number of hydrogen-bond donors (Lipinski definition) is 0. The van der Waals surface area contributed by atoms with Crippen molar-refractivity contribution in [2.75, 3.05) is 28.2 Å². The zero-order valence-corrected chi connectivity index (χ0v) is 7.92. The zero-order chi connectivity index (χ0) is 9.07. The number of nitriles is 1. The predicted octanol–water partition coefficient (Wildman–Crippen LogP) is -0.111. The van der Waals surface area contributed by atoms with Gasteiger partial charge in [0.15, 0.2) is 10.1 Å². The Morgan fingerprint density at radius 1 is 1.27 bits per heavy atom. The summed E-state index contributed by atoms with van der Waals surface area (Å²) < 4.78 is 17.8. The molecule has 0 aromatic rings. The maximum absolute atomic E-state index is 11.6. The Kier molecular flexibility index (Phi) is 3.45. The highest BCUT2D eigenvalue weighted by Gasteiger charge is 2.14. The molecule has 0 aliphatic rings. The molecule has 0 rings (SSSR count). The van der Waals surface area contributed by atoms with Crippen molar-refractivity contribution in [1.29, 1.82) is 5.26 Å². The molecule has 0 unspecified atom stereocenters. The van der Waals surface area contributed by atoms with Crippen LogP contribution in [0.4, 0.5) is 0 Å². The average Bonchev–Trinajstić information content (AvgIpc) is 1.87. The summed E-state index contributed by atoms with van der Waals surface area (Å²) >= 11 is 0. The van der Waals surface area contributed by atoms with Crippen LogP contribution in [-0.2, 0) is 10.1 Å². The van der Waals surface area contributed by atoms with Crippen LogP contribution in [0.15, 0.2) is 4.36 Å². The molecule has 5 nitrogen and oxygen atoms in total. The topological polar surface area (TPSA) is 59.7 Å². The SMILES string of the molecule is CN(C)S(=O)(=NC#N)N(C)C. The second kappa shape index (κ2) is 3.67. The van der Waals surface area contributed by atoms with E-state index in [1.807, 2.05) is 0 Å². The molecule has 0 aromatic carbocycles. The van der Waals surface area contributed by atoms with Gasteiger partial charge in [-0.1, -0.05) is 4.36 Å². The van der Waals surface area contributed by atoms with Gasteiger partial charge in [-0.05, 0) is 0 Å². The Morgan fingerprint density at radius 3 is 1.73 bits per heavy atom. The van der Waals surface area contributed by atoms with Gasteiger partial charge in [-0.15, -0.1) is 0 Å². The van der Waals surface area contributed by atoms with Crippen LogP contribution in [0.2, 0.25) is 0 Å². The summed E-state index contributed by atoms with van der Waals surface area (Å²) in [6, 6.07) is 0. The van der Waals surface area contributed by atoms with Gasteiger partial charge in [0.2, 0.25) is 6.19 Å². The molecular weight excluding hydrogens is 164 g/mol. The highest BCUT2D eigenvalue weighted by atomic mass is 32.2. The summed E-state index contributed by atoms with van der Waals surface area (Å²) in [7, 11) is 3.82. The molecule has 0 aliphatic heterocycles. The Morgan fingerprint density at radius 2 is 1.64 bits per heavy atom. The third-order valence-corrected chi connectivity index (χ3v) is 3.33. The van der Waals surface area contributed by atoms with Crippen molar-refractivity contribution in [2.45, 2.75) is 0 Å². The fourth-order valence-electron chi connectivity index (χ4n) is 0.543. The summed E-state index contributed by atoms with van der Waals surface area (Å²) in [5, 5.41) is 8.25. The molecule has 0 radical (unpaired) electrons. The van der Waals surface area contributed by atoms with Gasteiger partial charge in [-0.25, -0.2) is 12.8 Å². The van der Waals surface area contributed by atoms with Gasteiger partial charge in [0.25, 0.3) is 0 Å². The minimum absolute atomic E-state index is 1.41. The second-order valence-corrected chi connectivity index (χ2v) is 4.86. The van der Waals surface area contributed by atoms with Crippen LogP contribution in [0.1, 0.15) is 0 Å². The highest BCUT2D eigenvalue weighted by Crippen LogP contribution is 2.01. The first kappa shape index (κ1) is 10.4. The van der Waals surface area contributed by atoms with Crippen molar-refractivity contribution >= 4 is 10.1 Å². The van der Waals surface area contributed by atoms with Gasteiger partial charge in [0.1, 0.15) is 0 Å².